The van der Waals surface area contributed by atoms with E-state index in [9.17, 15) is 4.79 Å². The molecule has 4 heteroatoms. The monoisotopic (exact) mass is 224 g/mol. The zero-order chi connectivity index (χ0) is 10.8. The first kappa shape index (κ1) is 10.4. The molecule has 1 aliphatic rings. The lowest BCUT2D eigenvalue weighted by atomic mass is 10.0. The molecule has 80 valence electrons. The number of thioether (sulfide) groups is 1. The van der Waals surface area contributed by atoms with E-state index in [1.165, 1.54) is 17.3 Å². The summed E-state index contributed by atoms with van der Waals surface area (Å²) in [6, 6.07) is 5.83. The lowest BCUT2D eigenvalue weighted by molar-refractivity contribution is -0.136. The van der Waals surface area contributed by atoms with Crippen molar-refractivity contribution in [2.24, 2.45) is 0 Å². The Kier molecular flexibility index (Phi) is 2.86. The standard InChI is InChI=1S/C11H12O3S/c1-14-9-3-2-7-5-10(11(12)13)15-6-8(7)4-9/h2-4,10H,5-6H2,1H3,(H,12,13)/t10-/m0/s1. The second-order valence-corrected chi connectivity index (χ2v) is 4.67. The third kappa shape index (κ3) is 2.09. The number of benzene rings is 1. The fourth-order valence-electron chi connectivity index (χ4n) is 1.67. The molecule has 0 spiro atoms. The third-order valence-electron chi connectivity index (χ3n) is 2.53. The average Bonchev–Trinajstić information content (AvgIpc) is 2.27. The Morgan fingerprint density at radius 3 is 3.00 bits per heavy atom. The normalized spacial score (nSPS) is 19.4. The van der Waals surface area contributed by atoms with Gasteiger partial charge in [0.25, 0.3) is 0 Å². The first-order valence-electron chi connectivity index (χ1n) is 4.71. The number of hydrogen-bond acceptors (Lipinski definition) is 3. The Labute approximate surface area is 92.4 Å². The molecule has 1 N–H and O–H groups in total. The maximum Gasteiger partial charge on any atom is 0.316 e. The number of carbonyl (C=O) groups is 1. The molecule has 1 aromatic carbocycles. The summed E-state index contributed by atoms with van der Waals surface area (Å²) < 4.78 is 5.13. The second kappa shape index (κ2) is 4.14. The number of carboxylic acid groups (broad SMARTS) is 1. The highest BCUT2D eigenvalue weighted by atomic mass is 32.2. The van der Waals surface area contributed by atoms with Gasteiger partial charge in [-0.25, -0.2) is 0 Å². The lowest BCUT2D eigenvalue weighted by Gasteiger charge is -2.21. The highest BCUT2D eigenvalue weighted by Gasteiger charge is 2.24. The molecule has 0 radical (unpaired) electrons. The van der Waals surface area contributed by atoms with Crippen molar-refractivity contribution in [2.45, 2.75) is 17.4 Å². The Morgan fingerprint density at radius 1 is 1.53 bits per heavy atom. The molecule has 0 bridgehead atoms. The van der Waals surface area contributed by atoms with Crippen molar-refractivity contribution in [3.8, 4) is 5.75 Å². The average molecular weight is 224 g/mol. The van der Waals surface area contributed by atoms with Gasteiger partial charge in [-0.1, -0.05) is 6.07 Å². The van der Waals surface area contributed by atoms with Gasteiger partial charge in [0.1, 0.15) is 11.0 Å². The van der Waals surface area contributed by atoms with Gasteiger partial charge in [-0.15, -0.1) is 11.8 Å². The number of aliphatic carboxylic acids is 1. The minimum atomic E-state index is -0.721. The van der Waals surface area contributed by atoms with Crippen LogP contribution in [0.15, 0.2) is 18.2 Å². The highest BCUT2D eigenvalue weighted by Crippen LogP contribution is 2.32. The van der Waals surface area contributed by atoms with Crippen molar-refractivity contribution in [3.05, 3.63) is 29.3 Å². The first-order valence-corrected chi connectivity index (χ1v) is 5.76. The summed E-state index contributed by atoms with van der Waals surface area (Å²) in [5, 5.41) is 8.62. The number of carboxylic acids is 1. The summed E-state index contributed by atoms with van der Waals surface area (Å²) in [6.07, 6.45) is 0.610. The summed E-state index contributed by atoms with van der Waals surface area (Å²) in [6.45, 7) is 0. The Hall–Kier alpha value is -1.16. The molecular formula is C11H12O3S. The molecule has 15 heavy (non-hydrogen) atoms. The van der Waals surface area contributed by atoms with E-state index in [0.717, 1.165) is 17.1 Å². The fraction of sp³-hybridized carbons (Fsp3) is 0.364. The van der Waals surface area contributed by atoms with Crippen LogP contribution in [0.4, 0.5) is 0 Å². The molecule has 0 saturated heterocycles. The smallest absolute Gasteiger partial charge is 0.316 e. The van der Waals surface area contributed by atoms with Crippen molar-refractivity contribution in [3.63, 3.8) is 0 Å². The minimum absolute atomic E-state index is 0.300. The van der Waals surface area contributed by atoms with Gasteiger partial charge in [0.15, 0.2) is 0 Å². The van der Waals surface area contributed by atoms with Gasteiger partial charge in [-0.2, -0.15) is 0 Å². The van der Waals surface area contributed by atoms with Crippen LogP contribution in [0.5, 0.6) is 5.75 Å². The van der Waals surface area contributed by atoms with Crippen molar-refractivity contribution in [2.75, 3.05) is 7.11 Å². The molecule has 1 atom stereocenters. The summed E-state index contributed by atoms with van der Waals surface area (Å²) in [5.74, 6) is 0.869. The maximum atomic E-state index is 10.8. The van der Waals surface area contributed by atoms with E-state index in [2.05, 4.69) is 0 Å². The van der Waals surface area contributed by atoms with Crippen LogP contribution in [-0.2, 0) is 17.0 Å². The lowest BCUT2D eigenvalue weighted by Crippen LogP contribution is -2.23. The zero-order valence-electron chi connectivity index (χ0n) is 8.40. The van der Waals surface area contributed by atoms with Crippen LogP contribution in [0.3, 0.4) is 0 Å². The topological polar surface area (TPSA) is 46.5 Å². The van der Waals surface area contributed by atoms with Crippen LogP contribution in [0.1, 0.15) is 11.1 Å². The van der Waals surface area contributed by atoms with Crippen molar-refractivity contribution >= 4 is 17.7 Å². The third-order valence-corrected chi connectivity index (χ3v) is 3.78. The van der Waals surface area contributed by atoms with E-state index >= 15 is 0 Å². The van der Waals surface area contributed by atoms with E-state index in [4.69, 9.17) is 9.84 Å². The molecule has 0 aromatic heterocycles. The summed E-state index contributed by atoms with van der Waals surface area (Å²) in [7, 11) is 1.64. The molecule has 0 aliphatic carbocycles. The Bertz CT molecular complexity index is 389. The van der Waals surface area contributed by atoms with Crippen molar-refractivity contribution < 1.29 is 14.6 Å². The molecule has 0 unspecified atom stereocenters. The molecule has 1 heterocycles. The van der Waals surface area contributed by atoms with E-state index in [0.29, 0.717) is 6.42 Å². The van der Waals surface area contributed by atoms with E-state index in [-0.39, 0.29) is 5.25 Å². The molecule has 0 fully saturated rings. The maximum absolute atomic E-state index is 10.8. The fourth-order valence-corrected chi connectivity index (χ4v) is 2.76. The molecule has 0 amide bonds. The predicted octanol–water partition coefficient (Wildman–Crippen LogP) is 1.94. The molecule has 2 rings (SSSR count). The van der Waals surface area contributed by atoms with Gasteiger partial charge in [-0.05, 0) is 29.7 Å². The van der Waals surface area contributed by atoms with Crippen molar-refractivity contribution in [1.82, 2.24) is 0 Å². The minimum Gasteiger partial charge on any atom is -0.497 e. The highest BCUT2D eigenvalue weighted by molar-refractivity contribution is 7.99. The van der Waals surface area contributed by atoms with Crippen LogP contribution < -0.4 is 4.74 Å². The zero-order valence-corrected chi connectivity index (χ0v) is 9.21. The quantitative estimate of drug-likeness (QED) is 0.834. The van der Waals surface area contributed by atoms with Gasteiger partial charge < -0.3 is 9.84 Å². The Balaban J connectivity index is 2.24. The van der Waals surface area contributed by atoms with Crippen LogP contribution in [0.2, 0.25) is 0 Å². The van der Waals surface area contributed by atoms with Crippen LogP contribution in [0.25, 0.3) is 0 Å². The largest absolute Gasteiger partial charge is 0.497 e. The number of fused-ring (bicyclic) bond motifs is 1. The van der Waals surface area contributed by atoms with Gasteiger partial charge in [0.05, 0.1) is 7.11 Å². The summed E-state index contributed by atoms with van der Waals surface area (Å²) in [4.78, 5) is 10.8. The second-order valence-electron chi connectivity index (χ2n) is 3.48. The number of methoxy groups -OCH3 is 1. The van der Waals surface area contributed by atoms with Crippen LogP contribution >= 0.6 is 11.8 Å². The van der Waals surface area contributed by atoms with E-state index in [1.807, 2.05) is 18.2 Å². The Morgan fingerprint density at radius 2 is 2.33 bits per heavy atom. The number of ether oxygens (including phenoxy) is 1. The molecule has 0 saturated carbocycles. The SMILES string of the molecule is COc1ccc2c(c1)CS[C@H](C(=O)O)C2. The number of hydrogen-bond donors (Lipinski definition) is 1. The van der Waals surface area contributed by atoms with Gasteiger partial charge in [0.2, 0.25) is 0 Å². The number of rotatable bonds is 2. The molecule has 3 nitrogen and oxygen atoms in total. The van der Waals surface area contributed by atoms with Gasteiger partial charge in [-0.3, -0.25) is 4.79 Å². The van der Waals surface area contributed by atoms with E-state index < -0.39 is 5.97 Å². The van der Waals surface area contributed by atoms with E-state index in [1.54, 1.807) is 7.11 Å². The predicted molar refractivity (Wildman–Crippen MR) is 59.4 cm³/mol. The van der Waals surface area contributed by atoms with Crippen LogP contribution in [0, 0.1) is 0 Å². The van der Waals surface area contributed by atoms with Gasteiger partial charge in [0, 0.05) is 5.75 Å². The first-order chi connectivity index (χ1) is 7.20. The summed E-state index contributed by atoms with van der Waals surface area (Å²) >= 11 is 1.48. The molecule has 1 aliphatic heterocycles. The molecule has 1 aromatic rings. The summed E-state index contributed by atoms with van der Waals surface area (Å²) in [5.41, 5.74) is 2.32. The van der Waals surface area contributed by atoms with Gasteiger partial charge >= 0.3 is 5.97 Å². The van der Waals surface area contributed by atoms with Crippen LogP contribution in [-0.4, -0.2) is 23.4 Å². The molecular weight excluding hydrogens is 212 g/mol. The van der Waals surface area contributed by atoms with Crippen molar-refractivity contribution in [1.29, 1.82) is 0 Å².